The topological polar surface area (TPSA) is 58.7 Å². The van der Waals surface area contributed by atoms with Crippen LogP contribution in [0.1, 0.15) is 37.9 Å². The molecule has 0 spiro atoms. The molecule has 30 heavy (non-hydrogen) atoms. The van der Waals surface area contributed by atoms with E-state index in [2.05, 4.69) is 9.47 Å². The van der Waals surface area contributed by atoms with Gasteiger partial charge in [0, 0.05) is 48.7 Å². The Bertz CT molecular complexity index is 1010. The average molecular weight is 405 g/mol. The van der Waals surface area contributed by atoms with Gasteiger partial charge in [0.25, 0.3) is 5.91 Å². The number of ketones is 1. The number of amides is 1. The minimum Gasteiger partial charge on any atom is -0.467 e. The summed E-state index contributed by atoms with van der Waals surface area (Å²) in [6.45, 7) is 7.68. The Hall–Kier alpha value is -3.12. The van der Waals surface area contributed by atoms with Crippen molar-refractivity contribution < 1.29 is 14.0 Å². The minimum atomic E-state index is 0.0584. The van der Waals surface area contributed by atoms with E-state index in [9.17, 15) is 9.59 Å². The van der Waals surface area contributed by atoms with Crippen LogP contribution >= 0.6 is 0 Å². The maximum atomic E-state index is 13.0. The lowest BCUT2D eigenvalue weighted by Crippen LogP contribution is -2.49. The fourth-order valence-electron chi connectivity index (χ4n) is 4.05. The van der Waals surface area contributed by atoms with Crippen LogP contribution in [0, 0.1) is 13.8 Å². The minimum absolute atomic E-state index is 0.0584. The maximum Gasteiger partial charge on any atom is 0.253 e. The molecule has 2 aromatic heterocycles. The lowest BCUT2D eigenvalue weighted by molar-refractivity contribution is 0.0624. The number of benzene rings is 1. The third-order valence-corrected chi connectivity index (χ3v) is 5.82. The van der Waals surface area contributed by atoms with E-state index in [4.69, 9.17) is 4.42 Å². The first-order valence-electron chi connectivity index (χ1n) is 10.3. The van der Waals surface area contributed by atoms with E-state index in [1.807, 2.05) is 67.3 Å². The Labute approximate surface area is 176 Å². The Morgan fingerprint density at radius 2 is 1.70 bits per heavy atom. The highest BCUT2D eigenvalue weighted by Crippen LogP contribution is 2.19. The molecule has 4 rings (SSSR count). The van der Waals surface area contributed by atoms with Crippen molar-refractivity contribution in [3.63, 3.8) is 0 Å². The summed E-state index contributed by atoms with van der Waals surface area (Å²) in [6, 6.07) is 15.1. The highest BCUT2D eigenvalue weighted by Gasteiger charge is 2.25. The molecule has 156 valence electrons. The first-order chi connectivity index (χ1) is 14.5. The van der Waals surface area contributed by atoms with Crippen LogP contribution in [0.3, 0.4) is 0 Å². The molecule has 1 amide bonds. The van der Waals surface area contributed by atoms with Crippen LogP contribution < -0.4 is 0 Å². The summed E-state index contributed by atoms with van der Waals surface area (Å²) in [5.74, 6) is 1.05. The van der Waals surface area contributed by atoms with Crippen molar-refractivity contribution in [3.8, 4) is 0 Å². The van der Waals surface area contributed by atoms with Gasteiger partial charge in [-0.25, -0.2) is 0 Å². The Kier molecular flexibility index (Phi) is 5.86. The second-order valence-corrected chi connectivity index (χ2v) is 7.81. The highest BCUT2D eigenvalue weighted by atomic mass is 16.3. The highest BCUT2D eigenvalue weighted by molar-refractivity contribution is 5.99. The van der Waals surface area contributed by atoms with Crippen LogP contribution in [0.5, 0.6) is 0 Å². The normalized spacial score (nSPS) is 14.8. The Morgan fingerprint density at radius 1 is 0.967 bits per heavy atom. The van der Waals surface area contributed by atoms with Gasteiger partial charge in [-0.05, 0) is 44.2 Å². The van der Waals surface area contributed by atoms with E-state index in [1.165, 1.54) is 0 Å². The molecule has 3 aromatic rings. The predicted molar refractivity (Wildman–Crippen MR) is 115 cm³/mol. The molecule has 1 fully saturated rings. The molecule has 0 atom stereocenters. The molecule has 0 aliphatic carbocycles. The van der Waals surface area contributed by atoms with E-state index in [0.717, 1.165) is 22.7 Å². The number of Topliss-reactive ketones (excluding diaryl/α,β-unsaturated/α-hetero) is 1. The SMILES string of the molecule is Cc1cc(C(=O)CN2CCN(C(=O)c3ccccc3)CC2)c(C)n1Cc1ccco1. The number of aromatic nitrogens is 1. The Balaban J connectivity index is 1.36. The molecule has 1 aromatic carbocycles. The molecule has 6 heteroatoms. The molecule has 1 saturated heterocycles. The number of carbonyl (C=O) groups is 2. The van der Waals surface area contributed by atoms with Crippen molar-refractivity contribution in [2.75, 3.05) is 32.7 Å². The molecule has 0 unspecified atom stereocenters. The third kappa shape index (κ3) is 4.24. The first-order valence-corrected chi connectivity index (χ1v) is 10.3. The third-order valence-electron chi connectivity index (χ3n) is 5.82. The molecular weight excluding hydrogens is 378 g/mol. The van der Waals surface area contributed by atoms with E-state index < -0.39 is 0 Å². The smallest absolute Gasteiger partial charge is 0.253 e. The zero-order chi connectivity index (χ0) is 21.1. The number of rotatable bonds is 6. The van der Waals surface area contributed by atoms with E-state index in [0.29, 0.717) is 44.8 Å². The number of furan rings is 1. The maximum absolute atomic E-state index is 13.0. The molecule has 3 heterocycles. The zero-order valence-electron chi connectivity index (χ0n) is 17.5. The molecule has 0 N–H and O–H groups in total. The van der Waals surface area contributed by atoms with Crippen LogP contribution in [0.2, 0.25) is 0 Å². The van der Waals surface area contributed by atoms with E-state index in [-0.39, 0.29) is 11.7 Å². The van der Waals surface area contributed by atoms with Crippen molar-refractivity contribution in [1.82, 2.24) is 14.4 Å². The van der Waals surface area contributed by atoms with Gasteiger partial charge >= 0.3 is 0 Å². The second-order valence-electron chi connectivity index (χ2n) is 7.81. The summed E-state index contributed by atoms with van der Waals surface area (Å²) in [5, 5.41) is 0. The average Bonchev–Trinajstić information content (AvgIpc) is 3.38. The molecular formula is C24H27N3O3. The van der Waals surface area contributed by atoms with Crippen LogP contribution in [0.15, 0.2) is 59.2 Å². The standard InChI is InChI=1S/C24H27N3O3/c1-18-15-22(19(2)27(18)16-21-9-6-14-30-21)23(28)17-25-10-12-26(13-11-25)24(29)20-7-4-3-5-8-20/h3-9,14-15H,10-13,16-17H2,1-2H3. The quantitative estimate of drug-likeness (QED) is 0.590. The second kappa shape index (κ2) is 8.71. The zero-order valence-corrected chi connectivity index (χ0v) is 17.5. The summed E-state index contributed by atoms with van der Waals surface area (Å²) in [6.07, 6.45) is 1.66. The van der Waals surface area contributed by atoms with Gasteiger partial charge in [-0.15, -0.1) is 0 Å². The first kappa shape index (κ1) is 20.2. The van der Waals surface area contributed by atoms with Gasteiger partial charge in [-0.2, -0.15) is 0 Å². The van der Waals surface area contributed by atoms with Crippen molar-refractivity contribution in [2.24, 2.45) is 0 Å². The number of piperazine rings is 1. The largest absolute Gasteiger partial charge is 0.467 e. The Morgan fingerprint density at radius 3 is 2.37 bits per heavy atom. The van der Waals surface area contributed by atoms with Crippen molar-refractivity contribution in [1.29, 1.82) is 0 Å². The van der Waals surface area contributed by atoms with Crippen LogP contribution in [-0.4, -0.2) is 58.8 Å². The molecule has 6 nitrogen and oxygen atoms in total. The number of nitrogens with zero attached hydrogens (tertiary/aromatic N) is 3. The lowest BCUT2D eigenvalue weighted by Gasteiger charge is -2.34. The van der Waals surface area contributed by atoms with Crippen molar-refractivity contribution in [3.05, 3.63) is 83.1 Å². The summed E-state index contributed by atoms with van der Waals surface area (Å²) in [4.78, 5) is 29.6. The van der Waals surface area contributed by atoms with E-state index >= 15 is 0 Å². The summed E-state index contributed by atoms with van der Waals surface area (Å²) < 4.78 is 7.57. The van der Waals surface area contributed by atoms with Gasteiger partial charge in [0.05, 0.1) is 19.4 Å². The van der Waals surface area contributed by atoms with Crippen molar-refractivity contribution in [2.45, 2.75) is 20.4 Å². The summed E-state index contributed by atoms with van der Waals surface area (Å²) >= 11 is 0. The lowest BCUT2D eigenvalue weighted by atomic mass is 10.1. The summed E-state index contributed by atoms with van der Waals surface area (Å²) in [5.41, 5.74) is 3.49. The van der Waals surface area contributed by atoms with Crippen molar-refractivity contribution >= 4 is 11.7 Å². The molecule has 1 aliphatic rings. The van der Waals surface area contributed by atoms with Crippen LogP contribution in [-0.2, 0) is 6.54 Å². The fourth-order valence-corrected chi connectivity index (χ4v) is 4.05. The number of aryl methyl sites for hydroxylation is 1. The van der Waals surface area contributed by atoms with Gasteiger partial charge in [-0.3, -0.25) is 14.5 Å². The molecule has 1 aliphatic heterocycles. The summed E-state index contributed by atoms with van der Waals surface area (Å²) in [7, 11) is 0. The molecule has 0 radical (unpaired) electrons. The number of hydrogen-bond donors (Lipinski definition) is 0. The van der Waals surface area contributed by atoms with Gasteiger partial charge in [0.2, 0.25) is 0 Å². The number of carbonyl (C=O) groups excluding carboxylic acids is 2. The molecule has 0 saturated carbocycles. The monoisotopic (exact) mass is 405 g/mol. The fraction of sp³-hybridized carbons (Fsp3) is 0.333. The van der Waals surface area contributed by atoms with Crippen LogP contribution in [0.25, 0.3) is 0 Å². The van der Waals surface area contributed by atoms with E-state index in [1.54, 1.807) is 6.26 Å². The van der Waals surface area contributed by atoms with Gasteiger partial charge in [0.15, 0.2) is 5.78 Å². The number of hydrogen-bond acceptors (Lipinski definition) is 4. The predicted octanol–water partition coefficient (Wildman–Crippen LogP) is 3.39. The molecule has 0 bridgehead atoms. The van der Waals surface area contributed by atoms with Gasteiger partial charge in [0.1, 0.15) is 5.76 Å². The van der Waals surface area contributed by atoms with Gasteiger partial charge in [-0.1, -0.05) is 18.2 Å². The van der Waals surface area contributed by atoms with Crippen LogP contribution in [0.4, 0.5) is 0 Å². The van der Waals surface area contributed by atoms with Gasteiger partial charge < -0.3 is 13.9 Å².